The quantitative estimate of drug-likeness (QED) is 0.163. The van der Waals surface area contributed by atoms with Crippen LogP contribution in [0.5, 0.6) is 11.5 Å². The molecule has 0 spiro atoms. The van der Waals surface area contributed by atoms with E-state index in [4.69, 9.17) is 18.9 Å². The Balaban J connectivity index is 2.33. The van der Waals surface area contributed by atoms with Gasteiger partial charge in [-0.1, -0.05) is 26.0 Å². The van der Waals surface area contributed by atoms with Gasteiger partial charge in [-0.15, -0.1) is 13.2 Å². The van der Waals surface area contributed by atoms with Crippen molar-refractivity contribution in [2.45, 2.75) is 45.7 Å². The minimum atomic E-state index is -0.410. The molecule has 0 aromatic heterocycles. The second kappa shape index (κ2) is 12.9. The fourth-order valence-electron chi connectivity index (χ4n) is 3.04. The van der Waals surface area contributed by atoms with Crippen LogP contribution in [-0.2, 0) is 14.9 Å². The lowest BCUT2D eigenvalue weighted by atomic mass is 9.78. The number of benzene rings is 2. The van der Waals surface area contributed by atoms with Crippen molar-refractivity contribution in [3.63, 3.8) is 0 Å². The lowest BCUT2D eigenvalue weighted by Gasteiger charge is -2.29. The summed E-state index contributed by atoms with van der Waals surface area (Å²) < 4.78 is 26.3. The highest BCUT2D eigenvalue weighted by Gasteiger charge is 2.28. The zero-order valence-electron chi connectivity index (χ0n) is 19.1. The summed E-state index contributed by atoms with van der Waals surface area (Å²) in [5.74, 6) is 1.37. The highest BCUT2D eigenvalue weighted by atomic mass is 79.9. The molecule has 2 rings (SSSR count). The predicted octanol–water partition coefficient (Wildman–Crippen LogP) is 8.92. The summed E-state index contributed by atoms with van der Waals surface area (Å²) in [5, 5.41) is 0. The van der Waals surface area contributed by atoms with Crippen LogP contribution in [0.2, 0.25) is 0 Å². The average Bonchev–Trinajstić information content (AvgIpc) is 2.75. The van der Waals surface area contributed by atoms with E-state index in [2.05, 4.69) is 115 Å². The lowest BCUT2D eigenvalue weighted by Crippen LogP contribution is -2.21. The fourth-order valence-corrected chi connectivity index (χ4v) is 5.79. The molecule has 2 unspecified atom stereocenters. The van der Waals surface area contributed by atoms with E-state index < -0.39 is 12.6 Å². The van der Waals surface area contributed by atoms with E-state index in [9.17, 15) is 0 Å². The normalized spacial score (nSPS) is 13.3. The number of hydrogen-bond acceptors (Lipinski definition) is 4. The van der Waals surface area contributed by atoms with Gasteiger partial charge in [-0.3, -0.25) is 0 Å². The van der Waals surface area contributed by atoms with Crippen LogP contribution in [-0.4, -0.2) is 25.8 Å². The third-order valence-corrected chi connectivity index (χ3v) is 7.26. The summed E-state index contributed by atoms with van der Waals surface area (Å²) in [6, 6.07) is 8.27. The van der Waals surface area contributed by atoms with Gasteiger partial charge in [0.05, 0.1) is 31.1 Å². The molecule has 33 heavy (non-hydrogen) atoms. The molecule has 0 saturated carbocycles. The molecule has 0 aliphatic rings. The van der Waals surface area contributed by atoms with Gasteiger partial charge in [0.25, 0.3) is 0 Å². The van der Waals surface area contributed by atoms with E-state index in [1.54, 1.807) is 12.2 Å². The highest BCUT2D eigenvalue weighted by Crippen LogP contribution is 2.44. The Morgan fingerprint density at radius 1 is 0.727 bits per heavy atom. The van der Waals surface area contributed by atoms with Crippen molar-refractivity contribution in [3.05, 3.63) is 78.6 Å². The van der Waals surface area contributed by atoms with Gasteiger partial charge in [0.1, 0.15) is 0 Å². The lowest BCUT2D eigenvalue weighted by molar-refractivity contribution is -0.0559. The first kappa shape index (κ1) is 28.6. The molecule has 0 amide bonds. The Kier molecular flexibility index (Phi) is 11.2. The fraction of sp³-hybridized carbons (Fsp3) is 0.360. The van der Waals surface area contributed by atoms with Crippen LogP contribution < -0.4 is 9.47 Å². The first-order valence-electron chi connectivity index (χ1n) is 10.3. The molecule has 0 N–H and O–H groups in total. The first-order chi connectivity index (χ1) is 15.5. The maximum Gasteiger partial charge on any atom is 0.197 e. The van der Waals surface area contributed by atoms with E-state index in [0.717, 1.165) is 29.0 Å². The Morgan fingerprint density at radius 3 is 1.30 bits per heavy atom. The summed E-state index contributed by atoms with van der Waals surface area (Å²) in [6.07, 6.45) is 2.56. The Hall–Kier alpha value is -0.640. The molecule has 2 aromatic carbocycles. The second-order valence-corrected chi connectivity index (χ2v) is 11.2. The molecule has 180 valence electrons. The molecule has 0 fully saturated rings. The minimum absolute atomic E-state index is 0.316. The van der Waals surface area contributed by atoms with Gasteiger partial charge >= 0.3 is 0 Å². The van der Waals surface area contributed by atoms with E-state index in [0.29, 0.717) is 24.7 Å². The topological polar surface area (TPSA) is 36.9 Å². The average molecular weight is 712 g/mol. The SMILES string of the molecule is C=CCOC(C)Oc1c(Br)cc(C(C)(C)c2cc(Br)c(OC(C)OCC=C)c(Br)c2)cc1Br. The third kappa shape index (κ3) is 7.67. The van der Waals surface area contributed by atoms with Gasteiger partial charge in [0.15, 0.2) is 24.1 Å². The van der Waals surface area contributed by atoms with Gasteiger partial charge in [-0.05, 0) is 113 Å². The summed E-state index contributed by atoms with van der Waals surface area (Å²) in [4.78, 5) is 0. The van der Waals surface area contributed by atoms with E-state index in [1.807, 2.05) is 13.8 Å². The zero-order valence-corrected chi connectivity index (χ0v) is 25.4. The summed E-state index contributed by atoms with van der Waals surface area (Å²) in [7, 11) is 0. The van der Waals surface area contributed by atoms with Crippen LogP contribution in [0.3, 0.4) is 0 Å². The molecular formula is C25H28Br4O4. The van der Waals surface area contributed by atoms with Gasteiger partial charge in [-0.25, -0.2) is 0 Å². The van der Waals surface area contributed by atoms with Crippen LogP contribution in [0.25, 0.3) is 0 Å². The molecule has 0 saturated heterocycles. The Morgan fingerprint density at radius 2 is 1.03 bits per heavy atom. The monoisotopic (exact) mass is 708 g/mol. The maximum atomic E-state index is 5.96. The van der Waals surface area contributed by atoms with Crippen LogP contribution in [0.4, 0.5) is 0 Å². The number of hydrogen-bond donors (Lipinski definition) is 0. The van der Waals surface area contributed by atoms with E-state index >= 15 is 0 Å². The van der Waals surface area contributed by atoms with Crippen molar-refractivity contribution >= 4 is 63.7 Å². The highest BCUT2D eigenvalue weighted by molar-refractivity contribution is 9.11. The molecular weight excluding hydrogens is 684 g/mol. The zero-order chi connectivity index (χ0) is 24.8. The molecule has 0 radical (unpaired) electrons. The molecule has 2 atom stereocenters. The van der Waals surface area contributed by atoms with Crippen molar-refractivity contribution in [2.24, 2.45) is 0 Å². The van der Waals surface area contributed by atoms with Crippen LogP contribution in [0, 0.1) is 0 Å². The minimum Gasteiger partial charge on any atom is -0.463 e. The number of rotatable bonds is 12. The first-order valence-corrected chi connectivity index (χ1v) is 13.5. The van der Waals surface area contributed by atoms with Gasteiger partial charge in [0, 0.05) is 5.41 Å². The van der Waals surface area contributed by atoms with Gasteiger partial charge in [0.2, 0.25) is 0 Å². The molecule has 0 aliphatic heterocycles. The van der Waals surface area contributed by atoms with Crippen LogP contribution >= 0.6 is 63.7 Å². The molecule has 0 bridgehead atoms. The predicted molar refractivity (Wildman–Crippen MR) is 148 cm³/mol. The summed E-state index contributed by atoms with van der Waals surface area (Å²) >= 11 is 14.6. The van der Waals surface area contributed by atoms with Crippen molar-refractivity contribution in [1.82, 2.24) is 0 Å². The van der Waals surface area contributed by atoms with Gasteiger partial charge in [-0.2, -0.15) is 0 Å². The standard InChI is InChI=1S/C25H28Br4O4/c1-7-9-30-15(3)32-23-19(26)11-17(12-20(23)27)25(5,6)18-13-21(28)24(22(29)14-18)33-16(4)31-10-8-2/h7-8,11-16H,1-2,9-10H2,3-6H3. The second-order valence-electron chi connectivity index (χ2n) is 7.78. The maximum absolute atomic E-state index is 5.96. The van der Waals surface area contributed by atoms with Gasteiger partial charge < -0.3 is 18.9 Å². The number of halogens is 4. The Bertz CT molecular complexity index is 867. The Labute approximate surface area is 230 Å². The summed E-state index contributed by atoms with van der Waals surface area (Å²) in [5.41, 5.74) is 1.88. The molecule has 0 aliphatic carbocycles. The van der Waals surface area contributed by atoms with E-state index in [1.165, 1.54) is 0 Å². The molecule has 2 aromatic rings. The number of ether oxygens (including phenoxy) is 4. The van der Waals surface area contributed by atoms with E-state index in [-0.39, 0.29) is 5.41 Å². The largest absolute Gasteiger partial charge is 0.463 e. The molecule has 0 heterocycles. The summed E-state index contributed by atoms with van der Waals surface area (Å²) in [6.45, 7) is 16.2. The van der Waals surface area contributed by atoms with Crippen molar-refractivity contribution in [1.29, 1.82) is 0 Å². The van der Waals surface area contributed by atoms with Crippen molar-refractivity contribution < 1.29 is 18.9 Å². The van der Waals surface area contributed by atoms with Crippen LogP contribution in [0.1, 0.15) is 38.8 Å². The van der Waals surface area contributed by atoms with Crippen molar-refractivity contribution in [3.8, 4) is 11.5 Å². The van der Waals surface area contributed by atoms with Crippen molar-refractivity contribution in [2.75, 3.05) is 13.2 Å². The smallest absolute Gasteiger partial charge is 0.197 e. The van der Waals surface area contributed by atoms with Crippen LogP contribution in [0.15, 0.2) is 67.5 Å². The molecule has 4 nitrogen and oxygen atoms in total. The third-order valence-electron chi connectivity index (χ3n) is 4.91. The molecule has 8 heteroatoms.